The van der Waals surface area contributed by atoms with Crippen LogP contribution in [0.3, 0.4) is 0 Å². The molecule has 0 aliphatic rings. The molecule has 0 saturated heterocycles. The van der Waals surface area contributed by atoms with Crippen molar-refractivity contribution in [2.75, 3.05) is 11.9 Å². The third kappa shape index (κ3) is 3.11. The quantitative estimate of drug-likeness (QED) is 0.832. The van der Waals surface area contributed by atoms with Gasteiger partial charge in [-0.1, -0.05) is 0 Å². The molecule has 1 aromatic carbocycles. The minimum atomic E-state index is -0.207. The molecule has 0 radical (unpaired) electrons. The first-order chi connectivity index (χ1) is 9.65. The van der Waals surface area contributed by atoms with Crippen molar-refractivity contribution >= 4 is 23.2 Å². The molecule has 0 saturated carbocycles. The van der Waals surface area contributed by atoms with Gasteiger partial charge in [-0.05, 0) is 32.0 Å². The average Bonchev–Trinajstić information content (AvgIpc) is 2.87. The number of ether oxygens (including phenoxy) is 1. The van der Waals surface area contributed by atoms with Crippen molar-refractivity contribution in [1.29, 1.82) is 0 Å². The number of hydrogen-bond donors (Lipinski definition) is 2. The van der Waals surface area contributed by atoms with Crippen molar-refractivity contribution in [2.24, 2.45) is 0 Å². The Morgan fingerprint density at radius 2 is 2.30 bits per heavy atom. The summed E-state index contributed by atoms with van der Waals surface area (Å²) in [5, 5.41) is 9.38. The Bertz CT molecular complexity index is 610. The van der Waals surface area contributed by atoms with Crippen LogP contribution >= 0.6 is 11.6 Å². The van der Waals surface area contributed by atoms with Gasteiger partial charge in [0.2, 0.25) is 0 Å². The highest BCUT2D eigenvalue weighted by molar-refractivity contribution is 6.17. The number of hydrogen-bond acceptors (Lipinski definition) is 3. The van der Waals surface area contributed by atoms with Crippen LogP contribution in [0.5, 0.6) is 5.75 Å². The Hall–Kier alpha value is -2.01. The molecule has 2 aromatic rings. The first-order valence-corrected chi connectivity index (χ1v) is 6.82. The Balaban J connectivity index is 2.18. The fraction of sp³-hybridized carbons (Fsp3) is 0.286. The lowest BCUT2D eigenvalue weighted by Gasteiger charge is -2.11. The van der Waals surface area contributed by atoms with Crippen LogP contribution in [0.2, 0.25) is 0 Å². The molecule has 2 N–H and O–H groups in total. The van der Waals surface area contributed by atoms with E-state index in [-0.39, 0.29) is 5.91 Å². The van der Waals surface area contributed by atoms with Gasteiger partial charge in [0, 0.05) is 16.9 Å². The molecule has 0 atom stereocenters. The number of nitrogens with one attached hydrogen (secondary N) is 2. The predicted octanol–water partition coefficient (Wildman–Crippen LogP) is 3.11. The van der Waals surface area contributed by atoms with Crippen molar-refractivity contribution in [3.8, 4) is 5.75 Å². The molecule has 106 valence electrons. The molecule has 0 unspecified atom stereocenters. The van der Waals surface area contributed by atoms with E-state index in [0.717, 1.165) is 17.0 Å². The molecule has 0 aliphatic carbocycles. The van der Waals surface area contributed by atoms with Crippen LogP contribution in [0.15, 0.2) is 24.4 Å². The molecule has 1 aromatic heterocycles. The van der Waals surface area contributed by atoms with Crippen LogP contribution in [0.25, 0.3) is 0 Å². The molecule has 5 nitrogen and oxygen atoms in total. The van der Waals surface area contributed by atoms with Gasteiger partial charge in [-0.2, -0.15) is 5.10 Å². The van der Waals surface area contributed by atoms with Crippen molar-refractivity contribution in [3.05, 3.63) is 41.2 Å². The number of aromatic nitrogens is 2. The number of aryl methyl sites for hydroxylation is 1. The van der Waals surface area contributed by atoms with E-state index in [0.29, 0.717) is 23.7 Å². The van der Waals surface area contributed by atoms with Gasteiger partial charge in [0.1, 0.15) is 5.75 Å². The van der Waals surface area contributed by atoms with Gasteiger partial charge in [0.25, 0.3) is 5.91 Å². The number of anilines is 1. The van der Waals surface area contributed by atoms with Gasteiger partial charge in [-0.15, -0.1) is 11.6 Å². The van der Waals surface area contributed by atoms with Gasteiger partial charge >= 0.3 is 0 Å². The van der Waals surface area contributed by atoms with Crippen molar-refractivity contribution in [2.45, 2.75) is 19.7 Å². The molecular formula is C14H16ClN3O2. The standard InChI is InChI=1S/C14H16ClN3O2/c1-3-20-13-5-4-11(6-10(13)7-15)17-14(19)12-8-16-18-9(12)2/h4-6,8H,3,7H2,1-2H3,(H,16,18)(H,17,19). The topological polar surface area (TPSA) is 67.0 Å². The number of rotatable bonds is 5. The van der Waals surface area contributed by atoms with E-state index in [4.69, 9.17) is 16.3 Å². The van der Waals surface area contributed by atoms with Crippen LogP contribution in [0.1, 0.15) is 28.5 Å². The fourth-order valence-corrected chi connectivity index (χ4v) is 2.04. The molecule has 2 rings (SSSR count). The summed E-state index contributed by atoms with van der Waals surface area (Å²) in [6, 6.07) is 5.40. The minimum absolute atomic E-state index is 0.207. The number of halogens is 1. The SMILES string of the molecule is CCOc1ccc(NC(=O)c2cn[nH]c2C)cc1CCl. The fourth-order valence-electron chi connectivity index (χ4n) is 1.84. The van der Waals surface area contributed by atoms with Crippen LogP contribution in [0.4, 0.5) is 5.69 Å². The maximum absolute atomic E-state index is 12.1. The number of nitrogens with zero attached hydrogens (tertiary/aromatic N) is 1. The van der Waals surface area contributed by atoms with E-state index in [2.05, 4.69) is 15.5 Å². The molecule has 1 heterocycles. The van der Waals surface area contributed by atoms with Gasteiger partial charge in [0.15, 0.2) is 0 Å². The molecule has 6 heteroatoms. The molecule has 1 amide bonds. The van der Waals surface area contributed by atoms with E-state index in [9.17, 15) is 4.79 Å². The summed E-state index contributed by atoms with van der Waals surface area (Å²) in [5.41, 5.74) is 2.77. The Kier molecular flexibility index (Phi) is 4.63. The third-order valence-corrected chi connectivity index (χ3v) is 3.12. The van der Waals surface area contributed by atoms with Crippen molar-refractivity contribution in [1.82, 2.24) is 10.2 Å². The zero-order valence-corrected chi connectivity index (χ0v) is 12.1. The Morgan fingerprint density at radius 1 is 1.50 bits per heavy atom. The second-order valence-corrected chi connectivity index (χ2v) is 4.52. The number of carbonyl (C=O) groups is 1. The number of carbonyl (C=O) groups excluding carboxylic acids is 1. The van der Waals surface area contributed by atoms with Crippen LogP contribution in [-0.2, 0) is 5.88 Å². The Labute approximate surface area is 122 Å². The maximum Gasteiger partial charge on any atom is 0.259 e. The highest BCUT2D eigenvalue weighted by Crippen LogP contribution is 2.25. The number of aromatic amines is 1. The lowest BCUT2D eigenvalue weighted by molar-refractivity contribution is 0.102. The summed E-state index contributed by atoms with van der Waals surface area (Å²) in [7, 11) is 0. The first kappa shape index (κ1) is 14.4. The van der Waals surface area contributed by atoms with Crippen molar-refractivity contribution < 1.29 is 9.53 Å². The monoisotopic (exact) mass is 293 g/mol. The van der Waals surface area contributed by atoms with Gasteiger partial charge < -0.3 is 10.1 Å². The smallest absolute Gasteiger partial charge is 0.259 e. The highest BCUT2D eigenvalue weighted by Gasteiger charge is 2.12. The summed E-state index contributed by atoms with van der Waals surface area (Å²) < 4.78 is 5.47. The van der Waals surface area contributed by atoms with E-state index in [1.54, 1.807) is 19.1 Å². The lowest BCUT2D eigenvalue weighted by Crippen LogP contribution is -2.12. The van der Waals surface area contributed by atoms with Gasteiger partial charge in [0.05, 0.1) is 24.2 Å². The molecule has 0 bridgehead atoms. The average molecular weight is 294 g/mol. The van der Waals surface area contributed by atoms with E-state index < -0.39 is 0 Å². The second kappa shape index (κ2) is 6.43. The summed E-state index contributed by atoms with van der Waals surface area (Å²) in [6.45, 7) is 4.28. The summed E-state index contributed by atoms with van der Waals surface area (Å²) in [5.74, 6) is 0.852. The number of amides is 1. The zero-order valence-electron chi connectivity index (χ0n) is 11.4. The van der Waals surface area contributed by atoms with Crippen molar-refractivity contribution in [3.63, 3.8) is 0 Å². The Morgan fingerprint density at radius 3 is 2.90 bits per heavy atom. The van der Waals surface area contributed by atoms with E-state index >= 15 is 0 Å². The molecule has 0 spiro atoms. The largest absolute Gasteiger partial charge is 0.494 e. The molecule has 20 heavy (non-hydrogen) atoms. The van der Waals surface area contributed by atoms with Crippen LogP contribution < -0.4 is 10.1 Å². The number of benzene rings is 1. The van der Waals surface area contributed by atoms with E-state index in [1.165, 1.54) is 6.20 Å². The molecule has 0 aliphatic heterocycles. The van der Waals surface area contributed by atoms with Gasteiger partial charge in [-0.25, -0.2) is 0 Å². The highest BCUT2D eigenvalue weighted by atomic mass is 35.5. The predicted molar refractivity (Wildman–Crippen MR) is 78.4 cm³/mol. The van der Waals surface area contributed by atoms with Crippen LogP contribution in [0, 0.1) is 6.92 Å². The second-order valence-electron chi connectivity index (χ2n) is 4.25. The third-order valence-electron chi connectivity index (χ3n) is 2.84. The maximum atomic E-state index is 12.1. The summed E-state index contributed by atoms with van der Waals surface area (Å²) in [6.07, 6.45) is 1.50. The van der Waals surface area contributed by atoms with E-state index in [1.807, 2.05) is 13.0 Å². The number of alkyl halides is 1. The molecule has 0 fully saturated rings. The normalized spacial score (nSPS) is 10.3. The first-order valence-electron chi connectivity index (χ1n) is 6.28. The number of H-pyrrole nitrogens is 1. The van der Waals surface area contributed by atoms with Crippen LogP contribution in [-0.4, -0.2) is 22.7 Å². The zero-order chi connectivity index (χ0) is 14.5. The van der Waals surface area contributed by atoms with Gasteiger partial charge in [-0.3, -0.25) is 9.89 Å². The minimum Gasteiger partial charge on any atom is -0.494 e. The summed E-state index contributed by atoms with van der Waals surface area (Å²) >= 11 is 5.89. The summed E-state index contributed by atoms with van der Waals surface area (Å²) in [4.78, 5) is 12.1. The lowest BCUT2D eigenvalue weighted by atomic mass is 10.2. The molecular weight excluding hydrogens is 278 g/mol.